The minimum Gasteiger partial charge on any atom is -0.368 e. The van der Waals surface area contributed by atoms with E-state index >= 15 is 0 Å². The summed E-state index contributed by atoms with van der Waals surface area (Å²) in [6, 6.07) is 10.3. The van der Waals surface area contributed by atoms with Crippen molar-refractivity contribution in [3.05, 3.63) is 42.7 Å². The monoisotopic (exact) mass is 268 g/mol. The van der Waals surface area contributed by atoms with Gasteiger partial charge in [0, 0.05) is 25.0 Å². The SMILES string of the molecule is c1ccc(-n2cc(N3CCC4(CCNC4)C3)cn2)cc1. The van der Waals surface area contributed by atoms with E-state index in [2.05, 4.69) is 33.6 Å². The van der Waals surface area contributed by atoms with Gasteiger partial charge in [0.05, 0.1) is 23.8 Å². The number of nitrogens with zero attached hydrogens (tertiary/aromatic N) is 3. The number of rotatable bonds is 2. The van der Waals surface area contributed by atoms with Gasteiger partial charge in [0.1, 0.15) is 0 Å². The van der Waals surface area contributed by atoms with E-state index in [0.29, 0.717) is 5.41 Å². The van der Waals surface area contributed by atoms with E-state index in [0.717, 1.165) is 12.2 Å². The fourth-order valence-corrected chi connectivity index (χ4v) is 3.50. The van der Waals surface area contributed by atoms with Crippen molar-refractivity contribution in [2.75, 3.05) is 31.1 Å². The van der Waals surface area contributed by atoms with Crippen LogP contribution in [0.25, 0.3) is 5.69 Å². The number of hydrogen-bond acceptors (Lipinski definition) is 3. The van der Waals surface area contributed by atoms with E-state index in [4.69, 9.17) is 0 Å². The molecule has 0 bridgehead atoms. The molecule has 4 heteroatoms. The molecule has 0 amide bonds. The van der Waals surface area contributed by atoms with E-state index in [1.807, 2.05) is 29.1 Å². The fourth-order valence-electron chi connectivity index (χ4n) is 3.50. The van der Waals surface area contributed by atoms with Gasteiger partial charge in [-0.15, -0.1) is 0 Å². The summed E-state index contributed by atoms with van der Waals surface area (Å²) in [6.07, 6.45) is 6.76. The van der Waals surface area contributed by atoms with Gasteiger partial charge in [-0.3, -0.25) is 0 Å². The van der Waals surface area contributed by atoms with E-state index in [-0.39, 0.29) is 0 Å². The first-order valence-electron chi connectivity index (χ1n) is 7.41. The van der Waals surface area contributed by atoms with Crippen molar-refractivity contribution in [2.45, 2.75) is 12.8 Å². The number of anilines is 1. The molecular weight excluding hydrogens is 248 g/mol. The maximum absolute atomic E-state index is 4.51. The van der Waals surface area contributed by atoms with Crippen molar-refractivity contribution in [3.63, 3.8) is 0 Å². The van der Waals surface area contributed by atoms with Gasteiger partial charge in [0.2, 0.25) is 0 Å². The highest BCUT2D eigenvalue weighted by molar-refractivity contribution is 5.47. The summed E-state index contributed by atoms with van der Waals surface area (Å²) in [5, 5.41) is 8.02. The highest BCUT2D eigenvalue weighted by atomic mass is 15.3. The largest absolute Gasteiger partial charge is 0.368 e. The zero-order valence-corrected chi connectivity index (χ0v) is 11.6. The molecule has 1 unspecified atom stereocenters. The van der Waals surface area contributed by atoms with Gasteiger partial charge in [0.15, 0.2) is 0 Å². The van der Waals surface area contributed by atoms with Crippen molar-refractivity contribution >= 4 is 5.69 Å². The predicted octanol–water partition coefficient (Wildman–Crippen LogP) is 2.06. The van der Waals surface area contributed by atoms with Gasteiger partial charge in [-0.2, -0.15) is 5.10 Å². The number of aromatic nitrogens is 2. The van der Waals surface area contributed by atoms with Crippen LogP contribution >= 0.6 is 0 Å². The minimum absolute atomic E-state index is 0.509. The lowest BCUT2D eigenvalue weighted by Crippen LogP contribution is -2.28. The Morgan fingerprint density at radius 3 is 2.80 bits per heavy atom. The van der Waals surface area contributed by atoms with Gasteiger partial charge in [-0.1, -0.05) is 18.2 Å². The van der Waals surface area contributed by atoms with Crippen LogP contribution in [0.5, 0.6) is 0 Å². The second-order valence-electron chi connectivity index (χ2n) is 6.08. The second-order valence-corrected chi connectivity index (χ2v) is 6.08. The number of benzene rings is 1. The summed E-state index contributed by atoms with van der Waals surface area (Å²) in [7, 11) is 0. The number of hydrogen-bond donors (Lipinski definition) is 1. The Kier molecular flexibility index (Phi) is 2.77. The molecule has 2 fully saturated rings. The Morgan fingerprint density at radius 2 is 2.00 bits per heavy atom. The predicted molar refractivity (Wildman–Crippen MR) is 80.3 cm³/mol. The van der Waals surface area contributed by atoms with Crippen molar-refractivity contribution in [2.24, 2.45) is 5.41 Å². The van der Waals surface area contributed by atoms with E-state index in [1.54, 1.807) is 0 Å². The van der Waals surface area contributed by atoms with Gasteiger partial charge < -0.3 is 10.2 Å². The van der Waals surface area contributed by atoms with Crippen molar-refractivity contribution < 1.29 is 0 Å². The molecule has 1 N–H and O–H groups in total. The third kappa shape index (κ3) is 2.00. The van der Waals surface area contributed by atoms with Crippen LogP contribution in [-0.4, -0.2) is 36.0 Å². The lowest BCUT2D eigenvalue weighted by atomic mass is 9.87. The zero-order valence-electron chi connectivity index (χ0n) is 11.6. The molecule has 104 valence electrons. The molecule has 2 aliphatic heterocycles. The van der Waals surface area contributed by atoms with Crippen LogP contribution in [-0.2, 0) is 0 Å². The second kappa shape index (κ2) is 4.63. The fraction of sp³-hybridized carbons (Fsp3) is 0.438. The van der Waals surface area contributed by atoms with Crippen LogP contribution in [0.2, 0.25) is 0 Å². The van der Waals surface area contributed by atoms with E-state index in [1.165, 1.54) is 38.2 Å². The molecule has 1 spiro atoms. The molecule has 2 aromatic rings. The summed E-state index contributed by atoms with van der Waals surface area (Å²) in [6.45, 7) is 4.68. The van der Waals surface area contributed by atoms with E-state index in [9.17, 15) is 0 Å². The average Bonchev–Trinajstić information content (AvgIpc) is 3.22. The Bertz CT molecular complexity index is 584. The summed E-state index contributed by atoms with van der Waals surface area (Å²) >= 11 is 0. The highest BCUT2D eigenvalue weighted by Crippen LogP contribution is 2.38. The average molecular weight is 268 g/mol. The van der Waals surface area contributed by atoms with Crippen LogP contribution in [0, 0.1) is 5.41 Å². The molecule has 2 saturated heterocycles. The topological polar surface area (TPSA) is 33.1 Å². The quantitative estimate of drug-likeness (QED) is 0.905. The van der Waals surface area contributed by atoms with Crippen LogP contribution in [0.4, 0.5) is 5.69 Å². The summed E-state index contributed by atoms with van der Waals surface area (Å²) < 4.78 is 1.97. The first-order chi connectivity index (χ1) is 9.85. The number of nitrogens with one attached hydrogen (secondary N) is 1. The molecular formula is C16H20N4. The molecule has 4 nitrogen and oxygen atoms in total. The first kappa shape index (κ1) is 12.0. The van der Waals surface area contributed by atoms with Crippen LogP contribution in [0.1, 0.15) is 12.8 Å². The van der Waals surface area contributed by atoms with Gasteiger partial charge in [-0.05, 0) is 31.5 Å². The summed E-state index contributed by atoms with van der Waals surface area (Å²) in [5.74, 6) is 0. The number of para-hydroxylation sites is 1. The Balaban J connectivity index is 1.54. The minimum atomic E-state index is 0.509. The summed E-state index contributed by atoms with van der Waals surface area (Å²) in [5.41, 5.74) is 2.88. The molecule has 1 aromatic carbocycles. The molecule has 1 atom stereocenters. The van der Waals surface area contributed by atoms with Crippen molar-refractivity contribution in [1.29, 1.82) is 0 Å². The van der Waals surface area contributed by atoms with Crippen molar-refractivity contribution in [1.82, 2.24) is 15.1 Å². The molecule has 20 heavy (non-hydrogen) atoms. The zero-order chi connectivity index (χ0) is 13.4. The maximum Gasteiger partial charge on any atom is 0.0757 e. The van der Waals surface area contributed by atoms with Crippen LogP contribution < -0.4 is 10.2 Å². The summed E-state index contributed by atoms with van der Waals surface area (Å²) in [4.78, 5) is 2.49. The lowest BCUT2D eigenvalue weighted by Gasteiger charge is -2.22. The van der Waals surface area contributed by atoms with Gasteiger partial charge >= 0.3 is 0 Å². The van der Waals surface area contributed by atoms with Crippen molar-refractivity contribution in [3.8, 4) is 5.69 Å². The normalized spacial score (nSPS) is 25.7. The van der Waals surface area contributed by atoms with Gasteiger partial charge in [0.25, 0.3) is 0 Å². The maximum atomic E-state index is 4.51. The Labute approximate surface area is 119 Å². The molecule has 0 aliphatic carbocycles. The third-order valence-corrected chi connectivity index (χ3v) is 4.73. The standard InChI is InChI=1S/C16H20N4/c1-2-4-14(5-3-1)20-11-15(10-18-20)19-9-7-16(13-19)6-8-17-12-16/h1-5,10-11,17H,6-9,12-13H2. The Hall–Kier alpha value is -1.81. The first-order valence-corrected chi connectivity index (χ1v) is 7.41. The van der Waals surface area contributed by atoms with E-state index < -0.39 is 0 Å². The van der Waals surface area contributed by atoms with Gasteiger partial charge in [-0.25, -0.2) is 4.68 Å². The highest BCUT2D eigenvalue weighted by Gasteiger charge is 2.40. The van der Waals surface area contributed by atoms with Crippen LogP contribution in [0.3, 0.4) is 0 Å². The third-order valence-electron chi connectivity index (χ3n) is 4.73. The van der Waals surface area contributed by atoms with Crippen LogP contribution in [0.15, 0.2) is 42.7 Å². The lowest BCUT2D eigenvalue weighted by molar-refractivity contribution is 0.369. The Morgan fingerprint density at radius 1 is 1.10 bits per heavy atom. The molecule has 1 aromatic heterocycles. The molecule has 2 aliphatic rings. The smallest absolute Gasteiger partial charge is 0.0757 e. The molecule has 4 rings (SSSR count). The molecule has 0 radical (unpaired) electrons. The molecule has 0 saturated carbocycles. The molecule has 3 heterocycles.